The average Bonchev–Trinajstić information content (AvgIpc) is 3.43. The highest BCUT2D eigenvalue weighted by Crippen LogP contribution is 2.27. The zero-order valence-electron chi connectivity index (χ0n) is 26.4. The van der Waals surface area contributed by atoms with Crippen molar-refractivity contribution in [3.63, 3.8) is 0 Å². The minimum absolute atomic E-state index is 0.139. The molecule has 3 aromatic carbocycles. The molecule has 0 atom stereocenters. The van der Waals surface area contributed by atoms with E-state index in [9.17, 15) is 9.59 Å². The van der Waals surface area contributed by atoms with Gasteiger partial charge < -0.3 is 10.1 Å². The Hall–Kier alpha value is -4.43. The van der Waals surface area contributed by atoms with Crippen LogP contribution in [-0.2, 0) is 11.8 Å². The first-order chi connectivity index (χ1) is 21.1. The van der Waals surface area contributed by atoms with E-state index >= 15 is 0 Å². The van der Waals surface area contributed by atoms with Crippen LogP contribution in [0, 0.1) is 12.8 Å². The number of nitrogens with zero attached hydrogens (tertiary/aromatic N) is 3. The molecule has 1 aliphatic heterocycles. The molecular weight excluding hydrogens is 550 g/mol. The van der Waals surface area contributed by atoms with Crippen molar-refractivity contribution in [3.8, 4) is 11.4 Å². The standard InChI is InChI=1S/C36H43N5O3/c1-25-9-13-30(14-10-25)41-34(23-33(39-41)36(2,3)4)38-35(43)37-29-8-6-7-27(22-29)21-26-17-19-40(20-18-26)24-32(42)28-11-15-31(44-5)16-12-28/h6-16,22-23,26H,17-21,24H2,1-5H3,(H2,37,38,43). The molecular formula is C36H43N5O3. The van der Waals surface area contributed by atoms with Gasteiger partial charge in [-0.15, -0.1) is 0 Å². The van der Waals surface area contributed by atoms with Gasteiger partial charge in [0, 0.05) is 22.7 Å². The van der Waals surface area contributed by atoms with Crippen LogP contribution in [-0.4, -0.2) is 53.2 Å². The highest BCUT2D eigenvalue weighted by atomic mass is 16.5. The molecule has 0 aliphatic carbocycles. The van der Waals surface area contributed by atoms with Crippen LogP contribution in [0.2, 0.25) is 0 Å². The van der Waals surface area contributed by atoms with Crippen LogP contribution in [0.25, 0.3) is 5.69 Å². The predicted octanol–water partition coefficient (Wildman–Crippen LogP) is 7.27. The molecule has 2 N–H and O–H groups in total. The van der Waals surface area contributed by atoms with E-state index in [-0.39, 0.29) is 17.2 Å². The first-order valence-corrected chi connectivity index (χ1v) is 15.3. The molecule has 1 saturated heterocycles. The Morgan fingerprint density at radius 1 is 0.932 bits per heavy atom. The van der Waals surface area contributed by atoms with Crippen molar-refractivity contribution in [2.45, 2.75) is 52.4 Å². The van der Waals surface area contributed by atoms with Gasteiger partial charge in [-0.3, -0.25) is 15.0 Å². The number of aromatic nitrogens is 2. The second-order valence-electron chi connectivity index (χ2n) is 12.8. The number of aryl methyl sites for hydroxylation is 1. The lowest BCUT2D eigenvalue weighted by atomic mass is 9.90. The highest BCUT2D eigenvalue weighted by Gasteiger charge is 2.23. The van der Waals surface area contributed by atoms with E-state index < -0.39 is 0 Å². The molecule has 8 heteroatoms. The van der Waals surface area contributed by atoms with Gasteiger partial charge in [0.2, 0.25) is 0 Å². The number of amides is 2. The maximum atomic E-state index is 13.1. The Balaban J connectivity index is 1.16. The molecule has 1 aromatic heterocycles. The van der Waals surface area contributed by atoms with Gasteiger partial charge in [0.25, 0.3) is 0 Å². The van der Waals surface area contributed by atoms with Crippen molar-refractivity contribution >= 4 is 23.3 Å². The fraction of sp³-hybridized carbons (Fsp3) is 0.361. The number of hydrogen-bond donors (Lipinski definition) is 2. The number of piperidine rings is 1. The van der Waals surface area contributed by atoms with Gasteiger partial charge in [0.05, 0.1) is 25.0 Å². The van der Waals surface area contributed by atoms with E-state index in [2.05, 4.69) is 48.4 Å². The maximum Gasteiger partial charge on any atom is 0.324 e. The monoisotopic (exact) mass is 593 g/mol. The topological polar surface area (TPSA) is 88.5 Å². The van der Waals surface area contributed by atoms with Crippen LogP contribution in [0.1, 0.15) is 60.8 Å². The molecule has 4 aromatic rings. The zero-order valence-corrected chi connectivity index (χ0v) is 26.4. The summed E-state index contributed by atoms with van der Waals surface area (Å²) >= 11 is 0. The lowest BCUT2D eigenvalue weighted by molar-refractivity contribution is 0.0895. The minimum atomic E-state index is -0.314. The van der Waals surface area contributed by atoms with Gasteiger partial charge in [-0.1, -0.05) is 50.6 Å². The van der Waals surface area contributed by atoms with Crippen molar-refractivity contribution in [2.75, 3.05) is 37.4 Å². The number of nitrogens with one attached hydrogen (secondary N) is 2. The Morgan fingerprint density at radius 3 is 2.30 bits per heavy atom. The van der Waals surface area contributed by atoms with Gasteiger partial charge in [-0.05, 0) is 99.3 Å². The molecule has 0 radical (unpaired) electrons. The molecule has 44 heavy (non-hydrogen) atoms. The number of methoxy groups -OCH3 is 1. The smallest absolute Gasteiger partial charge is 0.324 e. The third-order valence-electron chi connectivity index (χ3n) is 8.19. The van der Waals surface area contributed by atoms with Crippen molar-refractivity contribution < 1.29 is 14.3 Å². The number of anilines is 2. The zero-order chi connectivity index (χ0) is 31.3. The van der Waals surface area contributed by atoms with Crippen LogP contribution in [0.3, 0.4) is 0 Å². The van der Waals surface area contributed by atoms with E-state index in [1.807, 2.05) is 73.7 Å². The normalized spacial score (nSPS) is 14.3. The lowest BCUT2D eigenvalue weighted by Gasteiger charge is -2.31. The fourth-order valence-electron chi connectivity index (χ4n) is 5.53. The van der Waals surface area contributed by atoms with E-state index in [0.29, 0.717) is 18.3 Å². The Morgan fingerprint density at radius 2 is 1.64 bits per heavy atom. The fourth-order valence-corrected chi connectivity index (χ4v) is 5.53. The molecule has 5 rings (SSSR count). The molecule has 2 heterocycles. The summed E-state index contributed by atoms with van der Waals surface area (Å²) in [6, 6.07) is 25.1. The van der Waals surface area contributed by atoms with Gasteiger partial charge in [-0.25, -0.2) is 9.48 Å². The molecule has 0 saturated carbocycles. The first kappa shape index (κ1) is 31.0. The molecule has 0 bridgehead atoms. The van der Waals surface area contributed by atoms with Gasteiger partial charge in [-0.2, -0.15) is 5.10 Å². The number of hydrogen-bond acceptors (Lipinski definition) is 5. The third kappa shape index (κ3) is 7.94. The van der Waals surface area contributed by atoms with Crippen molar-refractivity contribution in [1.82, 2.24) is 14.7 Å². The maximum absolute atomic E-state index is 13.1. The molecule has 8 nitrogen and oxygen atoms in total. The summed E-state index contributed by atoms with van der Waals surface area (Å²) in [5, 5.41) is 10.8. The number of benzene rings is 3. The van der Waals surface area contributed by atoms with Crippen LogP contribution in [0.15, 0.2) is 78.9 Å². The summed E-state index contributed by atoms with van der Waals surface area (Å²) in [6.07, 6.45) is 3.01. The number of Topliss-reactive ketones (excluding diaryl/α,β-unsaturated/α-hetero) is 1. The number of ether oxygens (including phenoxy) is 1. The van der Waals surface area contributed by atoms with Crippen LogP contribution in [0.5, 0.6) is 5.75 Å². The Labute approximate surface area is 260 Å². The second kappa shape index (κ2) is 13.5. The van der Waals surface area contributed by atoms with Gasteiger partial charge >= 0.3 is 6.03 Å². The number of carbonyl (C=O) groups excluding carboxylic acids is 2. The molecule has 0 spiro atoms. The SMILES string of the molecule is COc1ccc(C(=O)CN2CCC(Cc3cccc(NC(=O)Nc4cc(C(C)(C)C)nn4-c4ccc(C)cc4)c3)CC2)cc1. The van der Waals surface area contributed by atoms with Crippen molar-refractivity contribution in [1.29, 1.82) is 0 Å². The largest absolute Gasteiger partial charge is 0.497 e. The van der Waals surface area contributed by atoms with Gasteiger partial charge in [0.15, 0.2) is 5.78 Å². The number of rotatable bonds is 9. The second-order valence-corrected chi connectivity index (χ2v) is 12.8. The van der Waals surface area contributed by atoms with Crippen molar-refractivity contribution in [2.24, 2.45) is 5.92 Å². The number of carbonyl (C=O) groups is 2. The highest BCUT2D eigenvalue weighted by molar-refractivity contribution is 5.99. The Kier molecular flexibility index (Phi) is 9.49. The lowest BCUT2D eigenvalue weighted by Crippen LogP contribution is -2.37. The van der Waals surface area contributed by atoms with E-state index in [1.165, 1.54) is 5.56 Å². The number of likely N-dealkylation sites (tertiary alicyclic amines) is 1. The van der Waals surface area contributed by atoms with E-state index in [1.54, 1.807) is 11.8 Å². The summed E-state index contributed by atoms with van der Waals surface area (Å²) in [5.74, 6) is 2.04. The third-order valence-corrected chi connectivity index (χ3v) is 8.19. The number of urea groups is 1. The summed E-state index contributed by atoms with van der Waals surface area (Å²) < 4.78 is 6.98. The summed E-state index contributed by atoms with van der Waals surface area (Å²) in [5.41, 5.74) is 5.44. The minimum Gasteiger partial charge on any atom is -0.497 e. The van der Waals surface area contributed by atoms with Crippen molar-refractivity contribution in [3.05, 3.63) is 101 Å². The Bertz CT molecular complexity index is 1580. The number of ketones is 1. The van der Waals surface area contributed by atoms with Crippen LogP contribution < -0.4 is 15.4 Å². The predicted molar refractivity (Wildman–Crippen MR) is 176 cm³/mol. The van der Waals surface area contributed by atoms with E-state index in [0.717, 1.165) is 66.3 Å². The average molecular weight is 594 g/mol. The molecule has 230 valence electrons. The van der Waals surface area contributed by atoms with Crippen LogP contribution >= 0.6 is 0 Å². The summed E-state index contributed by atoms with van der Waals surface area (Å²) in [4.78, 5) is 28.1. The molecule has 2 amide bonds. The summed E-state index contributed by atoms with van der Waals surface area (Å²) in [6.45, 7) is 10.6. The van der Waals surface area contributed by atoms with Gasteiger partial charge in [0.1, 0.15) is 11.6 Å². The summed E-state index contributed by atoms with van der Waals surface area (Å²) in [7, 11) is 1.62. The molecule has 0 unspecified atom stereocenters. The first-order valence-electron chi connectivity index (χ1n) is 15.3. The van der Waals surface area contributed by atoms with Crippen LogP contribution in [0.4, 0.5) is 16.3 Å². The van der Waals surface area contributed by atoms with E-state index in [4.69, 9.17) is 9.84 Å². The molecule has 1 fully saturated rings. The molecule has 1 aliphatic rings. The quantitative estimate of drug-likeness (QED) is 0.199.